The maximum Gasteiger partial charge on any atom is 0.231 e. The minimum Gasteiger partial charge on any atom is -0.494 e. The number of ketones is 1. The number of fused-ring (bicyclic) bond motifs is 2. The molecule has 1 fully saturated rings. The number of aliphatic hydroxyl groups is 1. The summed E-state index contributed by atoms with van der Waals surface area (Å²) in [5.41, 5.74) is 7.14. The highest BCUT2D eigenvalue weighted by molar-refractivity contribution is 6.01. The van der Waals surface area contributed by atoms with Gasteiger partial charge in [-0.3, -0.25) is 14.6 Å². The maximum atomic E-state index is 13.8. The second-order valence-electron chi connectivity index (χ2n) is 11.6. The molecule has 1 aliphatic heterocycles. The van der Waals surface area contributed by atoms with Crippen molar-refractivity contribution in [2.45, 2.75) is 50.5 Å². The number of ether oxygens (including phenoxy) is 2. The van der Waals surface area contributed by atoms with Crippen LogP contribution in [-0.4, -0.2) is 40.5 Å². The summed E-state index contributed by atoms with van der Waals surface area (Å²) < 4.78 is 25.2. The van der Waals surface area contributed by atoms with E-state index in [0.29, 0.717) is 45.1 Å². The normalized spacial score (nSPS) is 19.2. The van der Waals surface area contributed by atoms with E-state index < -0.39 is 22.7 Å². The first-order valence-corrected chi connectivity index (χ1v) is 14.0. The number of aromatic nitrogens is 2. The summed E-state index contributed by atoms with van der Waals surface area (Å²) in [6.07, 6.45) is 3.46. The van der Waals surface area contributed by atoms with Gasteiger partial charge in [-0.1, -0.05) is 0 Å². The number of halogens is 1. The number of benzene rings is 2. The lowest BCUT2D eigenvalue weighted by molar-refractivity contribution is -0.123. The van der Waals surface area contributed by atoms with Gasteiger partial charge in [-0.25, -0.2) is 9.37 Å². The number of primary amides is 1. The monoisotopic (exact) mass is 569 g/mol. The zero-order valence-electron chi connectivity index (χ0n) is 23.7. The van der Waals surface area contributed by atoms with Crippen LogP contribution in [0.5, 0.6) is 11.5 Å². The molecule has 0 saturated heterocycles. The molecule has 2 aromatic carbocycles. The van der Waals surface area contributed by atoms with Crippen LogP contribution >= 0.6 is 0 Å². The van der Waals surface area contributed by atoms with Gasteiger partial charge in [0.25, 0.3) is 0 Å². The van der Waals surface area contributed by atoms with Gasteiger partial charge in [-0.05, 0) is 93.1 Å². The van der Waals surface area contributed by atoms with E-state index >= 15 is 0 Å². The number of pyridine rings is 2. The Morgan fingerprint density at radius 2 is 1.93 bits per heavy atom. The van der Waals surface area contributed by atoms with E-state index in [2.05, 4.69) is 4.98 Å². The second-order valence-corrected chi connectivity index (χ2v) is 11.6. The van der Waals surface area contributed by atoms with Crippen molar-refractivity contribution in [1.82, 2.24) is 9.97 Å². The topological polar surface area (TPSA) is 125 Å². The molecule has 0 bridgehead atoms. The number of carbonyl (C=O) groups is 2. The first kappa shape index (κ1) is 27.8. The molecule has 2 aliphatic rings. The molecule has 2 aromatic heterocycles. The standard InChI is InChI=1S/C33H32FN3O5/c1-18-12-21-13-20(14-26(41-3)28(21)36-16-18)25(38)10-11-33(40,22-6-7-22)27-15-24-30(42-17-32(24,2)31(35)39)29(37-27)19-4-8-23(34)9-5-19/h4-5,8-9,12-16,22,40H,6-7,10-11,17H2,1-3H3,(H2,35,39)/t32-,33+/m0/s1. The summed E-state index contributed by atoms with van der Waals surface area (Å²) in [5.74, 6) is -0.350. The fourth-order valence-electron chi connectivity index (χ4n) is 5.81. The lowest BCUT2D eigenvalue weighted by Gasteiger charge is -2.29. The third-order valence-corrected chi connectivity index (χ3v) is 8.59. The van der Waals surface area contributed by atoms with Gasteiger partial charge in [0, 0.05) is 34.7 Å². The Balaban J connectivity index is 1.39. The molecule has 4 aromatic rings. The Morgan fingerprint density at radius 1 is 1.19 bits per heavy atom. The molecular weight excluding hydrogens is 537 g/mol. The highest BCUT2D eigenvalue weighted by Crippen LogP contribution is 2.51. The second kappa shape index (κ2) is 10.2. The molecule has 216 valence electrons. The first-order chi connectivity index (χ1) is 20.0. The number of carbonyl (C=O) groups excluding carboxylic acids is 2. The number of hydrogen-bond donors (Lipinski definition) is 2. The van der Waals surface area contributed by atoms with Crippen LogP contribution in [0.15, 0.2) is 54.7 Å². The van der Waals surface area contributed by atoms with Gasteiger partial charge in [0.2, 0.25) is 5.91 Å². The quantitative estimate of drug-likeness (QED) is 0.267. The van der Waals surface area contributed by atoms with Crippen LogP contribution in [0.4, 0.5) is 4.39 Å². The summed E-state index contributed by atoms with van der Waals surface area (Å²) in [5, 5.41) is 13.0. The lowest BCUT2D eigenvalue weighted by Crippen LogP contribution is -2.40. The van der Waals surface area contributed by atoms with Crippen molar-refractivity contribution >= 4 is 22.6 Å². The van der Waals surface area contributed by atoms with E-state index in [4.69, 9.17) is 20.2 Å². The number of hydrogen-bond acceptors (Lipinski definition) is 7. The average Bonchev–Trinajstić information content (AvgIpc) is 3.78. The molecule has 1 aliphatic carbocycles. The Kier molecular flexibility index (Phi) is 6.73. The number of Topliss-reactive ketones (excluding diaryl/α,β-unsaturated/α-hetero) is 1. The van der Waals surface area contributed by atoms with Gasteiger partial charge >= 0.3 is 0 Å². The van der Waals surface area contributed by atoms with Crippen molar-refractivity contribution in [3.63, 3.8) is 0 Å². The van der Waals surface area contributed by atoms with Crippen molar-refractivity contribution in [3.05, 3.63) is 82.9 Å². The summed E-state index contributed by atoms with van der Waals surface area (Å²) in [6, 6.07) is 12.9. The van der Waals surface area contributed by atoms with Crippen LogP contribution in [0.25, 0.3) is 22.2 Å². The first-order valence-electron chi connectivity index (χ1n) is 14.0. The summed E-state index contributed by atoms with van der Waals surface area (Å²) in [4.78, 5) is 35.4. The van der Waals surface area contributed by atoms with Crippen LogP contribution < -0.4 is 15.2 Å². The molecule has 42 heavy (non-hydrogen) atoms. The Labute approximate surface area is 242 Å². The van der Waals surface area contributed by atoms with E-state index in [-0.39, 0.29) is 31.1 Å². The molecular formula is C33H32FN3O5. The minimum atomic E-state index is -1.44. The van der Waals surface area contributed by atoms with Gasteiger partial charge in [0.1, 0.15) is 46.1 Å². The molecule has 0 spiro atoms. The fourth-order valence-corrected chi connectivity index (χ4v) is 5.81. The molecule has 2 atom stereocenters. The highest BCUT2D eigenvalue weighted by Gasteiger charge is 2.49. The zero-order valence-corrected chi connectivity index (χ0v) is 23.7. The van der Waals surface area contributed by atoms with Gasteiger partial charge in [-0.15, -0.1) is 0 Å². The number of amides is 1. The molecule has 9 heteroatoms. The van der Waals surface area contributed by atoms with Crippen LogP contribution in [0.3, 0.4) is 0 Å². The Hall–Kier alpha value is -4.37. The summed E-state index contributed by atoms with van der Waals surface area (Å²) in [6.45, 7) is 3.65. The lowest BCUT2D eigenvalue weighted by atomic mass is 9.80. The molecule has 1 saturated carbocycles. The van der Waals surface area contributed by atoms with Gasteiger partial charge < -0.3 is 20.3 Å². The van der Waals surface area contributed by atoms with Crippen molar-refractivity contribution in [2.24, 2.45) is 11.7 Å². The van der Waals surface area contributed by atoms with Crippen LogP contribution in [0.1, 0.15) is 59.8 Å². The summed E-state index contributed by atoms with van der Waals surface area (Å²) in [7, 11) is 1.54. The smallest absolute Gasteiger partial charge is 0.231 e. The zero-order chi connectivity index (χ0) is 29.8. The molecule has 6 rings (SSSR count). The predicted octanol–water partition coefficient (Wildman–Crippen LogP) is 5.15. The number of nitrogens with two attached hydrogens (primary N) is 1. The van der Waals surface area contributed by atoms with Crippen LogP contribution in [0.2, 0.25) is 0 Å². The van der Waals surface area contributed by atoms with Crippen LogP contribution in [-0.2, 0) is 15.8 Å². The number of rotatable bonds is 9. The maximum absolute atomic E-state index is 13.8. The van der Waals surface area contributed by atoms with E-state index in [9.17, 15) is 19.1 Å². The third kappa shape index (κ3) is 4.67. The Bertz CT molecular complexity index is 1740. The largest absolute Gasteiger partial charge is 0.494 e. The van der Waals surface area contributed by atoms with Crippen molar-refractivity contribution in [1.29, 1.82) is 0 Å². The summed E-state index contributed by atoms with van der Waals surface area (Å²) >= 11 is 0. The molecule has 3 N–H and O–H groups in total. The molecule has 0 radical (unpaired) electrons. The van der Waals surface area contributed by atoms with Crippen molar-refractivity contribution in [2.75, 3.05) is 13.7 Å². The Morgan fingerprint density at radius 3 is 2.60 bits per heavy atom. The van der Waals surface area contributed by atoms with Gasteiger partial charge in [-0.2, -0.15) is 0 Å². The number of nitrogens with zero attached hydrogens (tertiary/aromatic N) is 2. The highest BCUT2D eigenvalue weighted by atomic mass is 19.1. The number of aryl methyl sites for hydroxylation is 1. The predicted molar refractivity (Wildman–Crippen MR) is 155 cm³/mol. The molecule has 3 heterocycles. The molecule has 1 amide bonds. The molecule has 8 nitrogen and oxygen atoms in total. The van der Waals surface area contributed by atoms with E-state index in [1.54, 1.807) is 43.5 Å². The molecule has 0 unspecified atom stereocenters. The third-order valence-electron chi connectivity index (χ3n) is 8.59. The van der Waals surface area contributed by atoms with E-state index in [1.165, 1.54) is 19.2 Å². The number of methoxy groups -OCH3 is 1. The van der Waals surface area contributed by atoms with E-state index in [0.717, 1.165) is 23.8 Å². The van der Waals surface area contributed by atoms with Gasteiger partial charge in [0.05, 0.1) is 12.8 Å². The van der Waals surface area contributed by atoms with Crippen molar-refractivity contribution < 1.29 is 28.6 Å². The minimum absolute atomic E-state index is 0.0233. The van der Waals surface area contributed by atoms with Crippen LogP contribution in [0, 0.1) is 18.7 Å². The average molecular weight is 570 g/mol. The fraction of sp³-hybridized carbons (Fsp3) is 0.333. The SMILES string of the molecule is COc1cc(C(=O)CC[C@](O)(c2cc3c(c(-c4ccc(F)cc4)n2)OC[C@]3(C)C(N)=O)C2CC2)cc2cc(C)cnc12. The van der Waals surface area contributed by atoms with Gasteiger partial charge in [0.15, 0.2) is 5.78 Å². The van der Waals surface area contributed by atoms with E-state index in [1.807, 2.05) is 13.0 Å². The van der Waals surface area contributed by atoms with Crippen molar-refractivity contribution in [3.8, 4) is 22.8 Å².